The number of carbonyl (C=O) groups excluding carboxylic acids is 1. The minimum atomic E-state index is -0.794. The van der Waals surface area contributed by atoms with E-state index in [9.17, 15) is 14.0 Å². The Morgan fingerprint density at radius 1 is 1.13 bits per heavy atom. The minimum Gasteiger partial charge on any atom is -0.343 e. The number of fused-ring (bicyclic) bond motifs is 1. The number of allylic oxidation sites excluding steroid dienone is 2. The molecule has 0 spiro atoms. The van der Waals surface area contributed by atoms with Gasteiger partial charge in [-0.2, -0.15) is 0 Å². The predicted octanol–water partition coefficient (Wildman–Crippen LogP) is 3.06. The molecule has 0 saturated heterocycles. The number of halogens is 2. The number of H-pyrrole nitrogens is 2. The minimum absolute atomic E-state index is 0.0747. The van der Waals surface area contributed by atoms with Crippen molar-refractivity contribution in [1.29, 1.82) is 0 Å². The van der Waals surface area contributed by atoms with E-state index in [0.29, 0.717) is 29.8 Å². The van der Waals surface area contributed by atoms with Crippen molar-refractivity contribution in [3.05, 3.63) is 61.8 Å². The molecule has 0 radical (unpaired) electrons. The zero-order valence-corrected chi connectivity index (χ0v) is 12.8. The maximum Gasteiger partial charge on any atom is 0.270 e. The Hall–Kier alpha value is -2.34. The number of carbonyl (C=O) groups is 1. The topological polar surface area (TPSA) is 77.8 Å². The van der Waals surface area contributed by atoms with E-state index in [1.54, 1.807) is 6.07 Å². The second kappa shape index (κ2) is 5.09. The second-order valence-electron chi connectivity index (χ2n) is 5.73. The van der Waals surface area contributed by atoms with Crippen LogP contribution in [0.25, 0.3) is 0 Å². The first-order valence-corrected chi connectivity index (χ1v) is 7.73. The van der Waals surface area contributed by atoms with Crippen molar-refractivity contribution in [2.45, 2.75) is 25.2 Å². The first-order chi connectivity index (χ1) is 11.1. The number of Topliss-reactive ketones (excluding diaryl/α,β-unsaturated/α-hetero) is 1. The van der Waals surface area contributed by atoms with Crippen molar-refractivity contribution >= 4 is 23.2 Å². The molecule has 1 aromatic heterocycles. The summed E-state index contributed by atoms with van der Waals surface area (Å²) in [5.41, 5.74) is 1.26. The van der Waals surface area contributed by atoms with E-state index in [2.05, 4.69) is 15.5 Å². The van der Waals surface area contributed by atoms with Gasteiger partial charge in [0.05, 0.1) is 11.5 Å². The largest absolute Gasteiger partial charge is 0.343 e. The quantitative estimate of drug-likeness (QED) is 0.750. The Kier molecular flexibility index (Phi) is 3.16. The fourth-order valence-electron chi connectivity index (χ4n) is 3.44. The van der Waals surface area contributed by atoms with Crippen LogP contribution in [0.4, 0.5) is 10.2 Å². The highest BCUT2D eigenvalue weighted by Crippen LogP contribution is 2.45. The van der Waals surface area contributed by atoms with Crippen molar-refractivity contribution in [3.8, 4) is 0 Å². The Bertz CT molecular complexity index is 892. The number of rotatable bonds is 1. The maximum atomic E-state index is 14.5. The fraction of sp³-hybridized carbons (Fsp3) is 0.250. The summed E-state index contributed by atoms with van der Waals surface area (Å²) in [6.07, 6.45) is 1.80. The SMILES string of the molecule is O=C1CCCC2=C1C(c1c(F)cccc1Cl)c1c([nH][nH]c1=O)N2. The van der Waals surface area contributed by atoms with Gasteiger partial charge in [0, 0.05) is 28.3 Å². The molecule has 2 heterocycles. The van der Waals surface area contributed by atoms with Gasteiger partial charge in [-0.05, 0) is 25.0 Å². The average Bonchev–Trinajstić information content (AvgIpc) is 2.88. The van der Waals surface area contributed by atoms with Crippen LogP contribution in [-0.4, -0.2) is 16.0 Å². The van der Waals surface area contributed by atoms with Gasteiger partial charge in [-0.3, -0.25) is 19.8 Å². The molecule has 2 aromatic rings. The molecule has 5 nitrogen and oxygen atoms in total. The van der Waals surface area contributed by atoms with Gasteiger partial charge in [0.2, 0.25) is 0 Å². The van der Waals surface area contributed by atoms with Crippen LogP contribution in [0.5, 0.6) is 0 Å². The maximum absolute atomic E-state index is 14.5. The van der Waals surface area contributed by atoms with E-state index >= 15 is 0 Å². The van der Waals surface area contributed by atoms with Crippen molar-refractivity contribution in [2.24, 2.45) is 0 Å². The summed E-state index contributed by atoms with van der Waals surface area (Å²) in [7, 11) is 0. The summed E-state index contributed by atoms with van der Waals surface area (Å²) < 4.78 is 14.5. The number of hydrogen-bond acceptors (Lipinski definition) is 3. The standard InChI is InChI=1S/C16H13ClFN3O2/c17-7-3-1-4-8(18)11(7)13-12-9(5-2-6-10(12)22)19-15-14(13)16(23)21-20-15/h1,3-4,13H,2,5-6H2,(H3,19,20,21,23). The molecular formula is C16H13ClFN3O2. The third kappa shape index (κ3) is 2.05. The van der Waals surface area contributed by atoms with Crippen molar-refractivity contribution in [3.63, 3.8) is 0 Å². The smallest absolute Gasteiger partial charge is 0.270 e. The van der Waals surface area contributed by atoms with Crippen LogP contribution in [0.15, 0.2) is 34.3 Å². The lowest BCUT2D eigenvalue weighted by Crippen LogP contribution is -2.29. The lowest BCUT2D eigenvalue weighted by Gasteiger charge is -2.31. The van der Waals surface area contributed by atoms with Gasteiger partial charge >= 0.3 is 0 Å². The molecule has 1 aliphatic heterocycles. The average molecular weight is 334 g/mol. The molecule has 0 amide bonds. The van der Waals surface area contributed by atoms with Gasteiger partial charge in [0.15, 0.2) is 5.78 Å². The Morgan fingerprint density at radius 3 is 2.74 bits per heavy atom. The van der Waals surface area contributed by atoms with Crippen LogP contribution < -0.4 is 10.9 Å². The number of ketones is 1. The van der Waals surface area contributed by atoms with Crippen molar-refractivity contribution in [1.82, 2.24) is 10.2 Å². The molecule has 3 N–H and O–H groups in total. The predicted molar refractivity (Wildman–Crippen MR) is 84.2 cm³/mol. The van der Waals surface area contributed by atoms with Gasteiger partial charge in [-0.15, -0.1) is 0 Å². The molecule has 4 rings (SSSR count). The van der Waals surface area contributed by atoms with E-state index in [4.69, 9.17) is 11.6 Å². The van der Waals surface area contributed by atoms with Crippen LogP contribution in [-0.2, 0) is 4.79 Å². The Balaban J connectivity index is 2.04. The van der Waals surface area contributed by atoms with Gasteiger partial charge in [0.1, 0.15) is 11.6 Å². The first-order valence-electron chi connectivity index (χ1n) is 7.35. The van der Waals surface area contributed by atoms with E-state index in [-0.39, 0.29) is 21.9 Å². The molecule has 1 unspecified atom stereocenters. The van der Waals surface area contributed by atoms with Gasteiger partial charge < -0.3 is 5.32 Å². The highest BCUT2D eigenvalue weighted by Gasteiger charge is 2.39. The molecule has 2 aliphatic rings. The summed E-state index contributed by atoms with van der Waals surface area (Å²) in [6, 6.07) is 4.36. The highest BCUT2D eigenvalue weighted by molar-refractivity contribution is 6.31. The van der Waals surface area contributed by atoms with E-state index in [1.165, 1.54) is 12.1 Å². The van der Waals surface area contributed by atoms with Crippen LogP contribution in [0.2, 0.25) is 5.02 Å². The van der Waals surface area contributed by atoms with Crippen LogP contribution in [0.3, 0.4) is 0 Å². The van der Waals surface area contributed by atoms with Crippen molar-refractivity contribution in [2.75, 3.05) is 5.32 Å². The molecule has 7 heteroatoms. The Labute approximate surface area is 135 Å². The third-order valence-electron chi connectivity index (χ3n) is 4.41. The molecule has 1 aromatic carbocycles. The molecular weight excluding hydrogens is 321 g/mol. The van der Waals surface area contributed by atoms with E-state index < -0.39 is 11.7 Å². The number of benzene rings is 1. The van der Waals surface area contributed by atoms with E-state index in [1.807, 2.05) is 0 Å². The molecule has 1 atom stereocenters. The summed E-state index contributed by atoms with van der Waals surface area (Å²) in [5, 5.41) is 8.55. The number of nitrogens with one attached hydrogen (secondary N) is 3. The second-order valence-corrected chi connectivity index (χ2v) is 6.14. The van der Waals surface area contributed by atoms with Gasteiger partial charge in [0.25, 0.3) is 5.56 Å². The number of aromatic amines is 2. The van der Waals surface area contributed by atoms with Crippen LogP contribution in [0, 0.1) is 5.82 Å². The lowest BCUT2D eigenvalue weighted by molar-refractivity contribution is -0.116. The Morgan fingerprint density at radius 2 is 1.96 bits per heavy atom. The summed E-state index contributed by atoms with van der Waals surface area (Å²) in [4.78, 5) is 24.7. The summed E-state index contributed by atoms with van der Waals surface area (Å²) in [6.45, 7) is 0. The molecule has 0 bridgehead atoms. The number of aromatic nitrogens is 2. The fourth-order valence-corrected chi connectivity index (χ4v) is 3.71. The highest BCUT2D eigenvalue weighted by atomic mass is 35.5. The first kappa shape index (κ1) is 14.3. The molecule has 23 heavy (non-hydrogen) atoms. The molecule has 0 fully saturated rings. The van der Waals surface area contributed by atoms with Crippen LogP contribution >= 0.6 is 11.6 Å². The zero-order chi connectivity index (χ0) is 16.1. The van der Waals surface area contributed by atoms with Gasteiger partial charge in [-0.25, -0.2) is 4.39 Å². The monoisotopic (exact) mass is 333 g/mol. The van der Waals surface area contributed by atoms with Crippen LogP contribution in [0.1, 0.15) is 36.3 Å². The summed E-state index contributed by atoms with van der Waals surface area (Å²) >= 11 is 6.21. The molecule has 1 aliphatic carbocycles. The summed E-state index contributed by atoms with van der Waals surface area (Å²) in [5.74, 6) is -0.930. The molecule has 118 valence electrons. The zero-order valence-electron chi connectivity index (χ0n) is 12.0. The number of anilines is 1. The van der Waals surface area contributed by atoms with Crippen molar-refractivity contribution < 1.29 is 9.18 Å². The lowest BCUT2D eigenvalue weighted by atomic mass is 9.76. The third-order valence-corrected chi connectivity index (χ3v) is 4.74. The number of hydrogen-bond donors (Lipinski definition) is 3. The molecule has 0 saturated carbocycles. The van der Waals surface area contributed by atoms with Gasteiger partial charge in [-0.1, -0.05) is 17.7 Å². The van der Waals surface area contributed by atoms with E-state index in [0.717, 1.165) is 12.1 Å². The normalized spacial score (nSPS) is 20.1.